The predicted octanol–water partition coefficient (Wildman–Crippen LogP) is 1.58. The molecule has 0 amide bonds. The molecule has 0 saturated heterocycles. The second-order valence-corrected chi connectivity index (χ2v) is 6.10. The molecule has 0 heterocycles. The van der Waals surface area contributed by atoms with Crippen molar-refractivity contribution in [2.24, 2.45) is 0 Å². The van der Waals surface area contributed by atoms with E-state index in [9.17, 15) is 9.46 Å². The van der Waals surface area contributed by atoms with Crippen molar-refractivity contribution in [1.82, 2.24) is 0 Å². The van der Waals surface area contributed by atoms with Crippen LogP contribution in [-0.2, 0) is 18.6 Å². The largest absolute Gasteiger partial charge is 0.491 e. The van der Waals surface area contributed by atoms with Crippen LogP contribution in [0.1, 0.15) is 6.92 Å². The van der Waals surface area contributed by atoms with Gasteiger partial charge in [-0.2, -0.15) is 0 Å². The molecule has 0 aromatic heterocycles. The molecule has 22 heavy (non-hydrogen) atoms. The van der Waals surface area contributed by atoms with Gasteiger partial charge in [0.2, 0.25) is 0 Å². The minimum atomic E-state index is -3.90. The summed E-state index contributed by atoms with van der Waals surface area (Å²) in [5.74, 6) is 0.826. The Morgan fingerprint density at radius 3 is 1.86 bits per heavy atom. The van der Waals surface area contributed by atoms with Crippen LogP contribution in [0.3, 0.4) is 0 Å². The summed E-state index contributed by atoms with van der Waals surface area (Å²) >= 11 is 0. The standard InChI is InChI=1S/C14H23O7P/c1-4-21-22(15,16)14-10-12(19-7-5-17-2)9-13(11-14)20-8-6-18-3/h9-11H,4-8H2,1-3H3,(H,15,16). The van der Waals surface area contributed by atoms with Crippen molar-refractivity contribution < 1.29 is 32.9 Å². The zero-order valence-electron chi connectivity index (χ0n) is 13.1. The van der Waals surface area contributed by atoms with Crippen LogP contribution < -0.4 is 14.8 Å². The van der Waals surface area contributed by atoms with Gasteiger partial charge in [0.05, 0.1) is 25.1 Å². The number of rotatable bonds is 11. The van der Waals surface area contributed by atoms with Crippen molar-refractivity contribution in [3.05, 3.63) is 18.2 Å². The van der Waals surface area contributed by atoms with Gasteiger partial charge >= 0.3 is 7.60 Å². The number of hydrogen-bond acceptors (Lipinski definition) is 6. The lowest BCUT2D eigenvalue weighted by molar-refractivity contribution is 0.142. The van der Waals surface area contributed by atoms with E-state index in [1.165, 1.54) is 12.1 Å². The minimum Gasteiger partial charge on any atom is -0.491 e. The van der Waals surface area contributed by atoms with Gasteiger partial charge in [0.25, 0.3) is 0 Å². The molecular formula is C14H23O7P. The van der Waals surface area contributed by atoms with Crippen LogP contribution in [0, 0.1) is 0 Å². The van der Waals surface area contributed by atoms with Crippen molar-refractivity contribution >= 4 is 12.9 Å². The topological polar surface area (TPSA) is 83.5 Å². The summed E-state index contributed by atoms with van der Waals surface area (Å²) in [6, 6.07) is 4.57. The lowest BCUT2D eigenvalue weighted by Crippen LogP contribution is -2.12. The molecule has 0 aliphatic heterocycles. The molecular weight excluding hydrogens is 311 g/mol. The van der Waals surface area contributed by atoms with Crippen molar-refractivity contribution in [3.63, 3.8) is 0 Å². The van der Waals surface area contributed by atoms with Crippen molar-refractivity contribution in [2.75, 3.05) is 47.3 Å². The van der Waals surface area contributed by atoms with E-state index in [-0.39, 0.29) is 11.9 Å². The van der Waals surface area contributed by atoms with Gasteiger partial charge in [0.15, 0.2) is 0 Å². The fourth-order valence-corrected chi connectivity index (χ4v) is 2.70. The third kappa shape index (κ3) is 6.34. The molecule has 0 bridgehead atoms. The maximum atomic E-state index is 12.2. The fourth-order valence-electron chi connectivity index (χ4n) is 1.62. The smallest absolute Gasteiger partial charge is 0.359 e. The molecule has 126 valence electrons. The lowest BCUT2D eigenvalue weighted by Gasteiger charge is -2.15. The Labute approximate surface area is 130 Å². The summed E-state index contributed by atoms with van der Waals surface area (Å²) < 4.78 is 37.9. The van der Waals surface area contributed by atoms with Crippen LogP contribution >= 0.6 is 7.60 Å². The molecule has 1 aromatic rings. The Morgan fingerprint density at radius 2 is 1.45 bits per heavy atom. The van der Waals surface area contributed by atoms with E-state index in [1.54, 1.807) is 27.2 Å². The van der Waals surface area contributed by atoms with Crippen LogP contribution in [-0.4, -0.2) is 52.1 Å². The van der Waals surface area contributed by atoms with E-state index >= 15 is 0 Å². The molecule has 0 aliphatic carbocycles. The third-order valence-corrected chi connectivity index (χ3v) is 4.13. The Balaban J connectivity index is 2.95. The number of methoxy groups -OCH3 is 2. The molecule has 1 rings (SSSR count). The summed E-state index contributed by atoms with van der Waals surface area (Å²) in [7, 11) is -0.768. The lowest BCUT2D eigenvalue weighted by atomic mass is 10.3. The molecule has 0 aliphatic rings. The van der Waals surface area contributed by atoms with Gasteiger partial charge in [-0.3, -0.25) is 4.57 Å². The maximum Gasteiger partial charge on any atom is 0.359 e. The fraction of sp³-hybridized carbons (Fsp3) is 0.571. The van der Waals surface area contributed by atoms with Gasteiger partial charge in [-0.05, 0) is 19.1 Å². The molecule has 1 atom stereocenters. The summed E-state index contributed by atoms with van der Waals surface area (Å²) in [5, 5.41) is 0.122. The maximum absolute atomic E-state index is 12.2. The molecule has 0 fully saturated rings. The second-order valence-electron chi connectivity index (χ2n) is 4.28. The summed E-state index contributed by atoms with van der Waals surface area (Å²) in [6.07, 6.45) is 0. The molecule has 0 saturated carbocycles. The minimum absolute atomic E-state index is 0.122. The Morgan fingerprint density at radius 1 is 0.955 bits per heavy atom. The van der Waals surface area contributed by atoms with E-state index in [4.69, 9.17) is 23.5 Å². The first-order valence-corrected chi connectivity index (χ1v) is 8.47. The summed E-state index contributed by atoms with van der Waals surface area (Å²) in [5.41, 5.74) is 0. The number of hydrogen-bond donors (Lipinski definition) is 1. The second kappa shape index (κ2) is 9.82. The Hall–Kier alpha value is -1.11. The van der Waals surface area contributed by atoms with E-state index in [2.05, 4.69) is 0 Å². The molecule has 0 radical (unpaired) electrons. The highest BCUT2D eigenvalue weighted by atomic mass is 31.2. The van der Waals surface area contributed by atoms with E-state index in [0.29, 0.717) is 37.9 Å². The molecule has 0 spiro atoms. The highest BCUT2D eigenvalue weighted by molar-refractivity contribution is 7.61. The molecule has 8 heteroatoms. The first-order chi connectivity index (χ1) is 10.5. The highest BCUT2D eigenvalue weighted by Crippen LogP contribution is 2.42. The molecule has 1 N–H and O–H groups in total. The molecule has 1 aromatic carbocycles. The third-order valence-electron chi connectivity index (χ3n) is 2.61. The van der Waals surface area contributed by atoms with E-state index in [0.717, 1.165) is 0 Å². The van der Waals surface area contributed by atoms with Gasteiger partial charge in [-0.25, -0.2) is 0 Å². The summed E-state index contributed by atoms with van der Waals surface area (Å²) in [4.78, 5) is 9.95. The van der Waals surface area contributed by atoms with Crippen LogP contribution in [0.5, 0.6) is 11.5 Å². The van der Waals surface area contributed by atoms with Gasteiger partial charge in [-0.1, -0.05) is 0 Å². The highest BCUT2D eigenvalue weighted by Gasteiger charge is 2.24. The molecule has 7 nitrogen and oxygen atoms in total. The van der Waals surface area contributed by atoms with Crippen LogP contribution in [0.2, 0.25) is 0 Å². The van der Waals surface area contributed by atoms with Crippen molar-refractivity contribution in [1.29, 1.82) is 0 Å². The van der Waals surface area contributed by atoms with Crippen molar-refractivity contribution in [3.8, 4) is 11.5 Å². The Bertz CT molecular complexity index is 464. The zero-order chi connectivity index (χ0) is 16.4. The van der Waals surface area contributed by atoms with Crippen LogP contribution in [0.4, 0.5) is 0 Å². The monoisotopic (exact) mass is 334 g/mol. The Kier molecular flexibility index (Phi) is 8.45. The number of benzene rings is 1. The first kappa shape index (κ1) is 18.9. The SMILES string of the molecule is CCOP(=O)(O)c1cc(OCCOC)cc(OCCOC)c1. The van der Waals surface area contributed by atoms with E-state index in [1.807, 2.05) is 0 Å². The van der Waals surface area contributed by atoms with Crippen LogP contribution in [0.15, 0.2) is 18.2 Å². The average molecular weight is 334 g/mol. The van der Waals surface area contributed by atoms with Gasteiger partial charge in [0, 0.05) is 20.3 Å². The van der Waals surface area contributed by atoms with Crippen molar-refractivity contribution in [2.45, 2.75) is 6.92 Å². The predicted molar refractivity (Wildman–Crippen MR) is 82.3 cm³/mol. The zero-order valence-corrected chi connectivity index (χ0v) is 14.0. The van der Waals surface area contributed by atoms with Gasteiger partial charge < -0.3 is 28.4 Å². The normalized spacial score (nSPS) is 13.6. The quantitative estimate of drug-likeness (QED) is 0.486. The molecule has 1 unspecified atom stereocenters. The van der Waals surface area contributed by atoms with E-state index < -0.39 is 7.60 Å². The first-order valence-electron chi connectivity index (χ1n) is 6.90. The average Bonchev–Trinajstić information content (AvgIpc) is 2.48. The summed E-state index contributed by atoms with van der Waals surface area (Å²) in [6.45, 7) is 3.24. The van der Waals surface area contributed by atoms with Crippen LogP contribution in [0.25, 0.3) is 0 Å². The van der Waals surface area contributed by atoms with Gasteiger partial charge in [-0.15, -0.1) is 0 Å². The van der Waals surface area contributed by atoms with Gasteiger partial charge in [0.1, 0.15) is 24.7 Å². The number of ether oxygens (including phenoxy) is 4.